The second-order valence-corrected chi connectivity index (χ2v) is 5.19. The molecule has 1 aliphatic rings. The van der Waals surface area contributed by atoms with Gasteiger partial charge in [-0.3, -0.25) is 4.79 Å². The summed E-state index contributed by atoms with van der Waals surface area (Å²) < 4.78 is 0. The highest BCUT2D eigenvalue weighted by molar-refractivity contribution is 7.80. The van der Waals surface area contributed by atoms with Crippen LogP contribution in [-0.2, 0) is 4.79 Å². The van der Waals surface area contributed by atoms with Crippen LogP contribution in [0.15, 0.2) is 0 Å². The molecule has 86 valence electrons. The Hall–Kier alpha value is -0.640. The predicted molar refractivity (Wildman–Crippen MR) is 65.6 cm³/mol. The molecule has 1 fully saturated rings. The summed E-state index contributed by atoms with van der Waals surface area (Å²) in [5.41, 5.74) is 5.26. The van der Waals surface area contributed by atoms with Gasteiger partial charge in [-0.15, -0.1) is 0 Å². The first-order chi connectivity index (χ1) is 6.96. The molecule has 1 unspecified atom stereocenters. The maximum atomic E-state index is 12.0. The van der Waals surface area contributed by atoms with Crippen molar-refractivity contribution in [3.8, 4) is 0 Å². The molecular formula is C11H20N2OS. The van der Waals surface area contributed by atoms with Crippen LogP contribution >= 0.6 is 12.2 Å². The number of hydrogen-bond donors (Lipinski definition) is 2. The fourth-order valence-corrected chi connectivity index (χ4v) is 2.06. The largest absolute Gasteiger partial charge is 0.392 e. The first kappa shape index (κ1) is 12.4. The number of nitrogens with one attached hydrogen (secondary N) is 1. The fraction of sp³-hybridized carbons (Fsp3) is 0.818. The van der Waals surface area contributed by atoms with Crippen molar-refractivity contribution in [2.24, 2.45) is 11.1 Å². The Morgan fingerprint density at radius 2 is 1.93 bits per heavy atom. The van der Waals surface area contributed by atoms with Crippen LogP contribution in [0.3, 0.4) is 0 Å². The van der Waals surface area contributed by atoms with Gasteiger partial charge in [-0.25, -0.2) is 0 Å². The molecule has 3 N–H and O–H groups in total. The van der Waals surface area contributed by atoms with Crippen LogP contribution in [0.2, 0.25) is 0 Å². The summed E-state index contributed by atoms with van der Waals surface area (Å²) >= 11 is 4.84. The third-order valence-electron chi connectivity index (χ3n) is 3.28. The number of carbonyl (C=O) groups is 1. The summed E-state index contributed by atoms with van der Waals surface area (Å²) in [6, 6.07) is -0.203. The van der Waals surface area contributed by atoms with Gasteiger partial charge in [0.25, 0.3) is 0 Å². The molecule has 0 aromatic carbocycles. The van der Waals surface area contributed by atoms with Crippen molar-refractivity contribution in [3.05, 3.63) is 0 Å². The Morgan fingerprint density at radius 1 is 1.40 bits per heavy atom. The summed E-state index contributed by atoms with van der Waals surface area (Å²) in [7, 11) is 0. The number of amides is 1. The van der Waals surface area contributed by atoms with Gasteiger partial charge in [-0.2, -0.15) is 0 Å². The average Bonchev–Trinajstić information content (AvgIpc) is 2.18. The van der Waals surface area contributed by atoms with E-state index >= 15 is 0 Å². The molecule has 0 radical (unpaired) electrons. The quantitative estimate of drug-likeness (QED) is 0.724. The second kappa shape index (κ2) is 4.92. The lowest BCUT2D eigenvalue weighted by Crippen LogP contribution is -2.48. The van der Waals surface area contributed by atoms with E-state index in [2.05, 4.69) is 5.32 Å². The molecule has 0 aromatic heterocycles. The lowest BCUT2D eigenvalue weighted by molar-refractivity contribution is -0.132. The monoisotopic (exact) mass is 228 g/mol. The molecule has 1 aliphatic carbocycles. The van der Waals surface area contributed by atoms with Gasteiger partial charge in [0, 0.05) is 5.41 Å². The Bertz CT molecular complexity index is 259. The molecule has 1 rings (SSSR count). The first-order valence-corrected chi connectivity index (χ1v) is 5.97. The molecule has 0 bridgehead atoms. The normalized spacial score (nSPS) is 21.7. The molecule has 0 saturated heterocycles. The van der Waals surface area contributed by atoms with Crippen molar-refractivity contribution in [2.45, 2.75) is 52.0 Å². The number of carbonyl (C=O) groups excluding carboxylic acids is 1. The average molecular weight is 228 g/mol. The third-order valence-corrected chi connectivity index (χ3v) is 3.63. The highest BCUT2D eigenvalue weighted by Crippen LogP contribution is 2.35. The van der Waals surface area contributed by atoms with Crippen LogP contribution in [-0.4, -0.2) is 16.9 Å². The van der Waals surface area contributed by atoms with Gasteiger partial charge in [-0.1, -0.05) is 38.4 Å². The standard InChI is InChI=1S/C11H20N2OS/c1-8(9(12)15)13-10(14)11(2)6-4-3-5-7-11/h8H,3-7H2,1-2H3,(H2,12,15)(H,13,14). The first-order valence-electron chi connectivity index (χ1n) is 5.56. The van der Waals surface area contributed by atoms with E-state index in [0.717, 1.165) is 25.7 Å². The molecule has 1 amide bonds. The van der Waals surface area contributed by atoms with Crippen molar-refractivity contribution >= 4 is 23.1 Å². The predicted octanol–water partition coefficient (Wildman–Crippen LogP) is 1.75. The lowest BCUT2D eigenvalue weighted by Gasteiger charge is -2.33. The Morgan fingerprint density at radius 3 is 2.40 bits per heavy atom. The Kier molecular flexibility index (Phi) is 4.08. The van der Waals surface area contributed by atoms with Crippen molar-refractivity contribution in [2.75, 3.05) is 0 Å². The van der Waals surface area contributed by atoms with E-state index in [1.807, 2.05) is 13.8 Å². The molecular weight excluding hydrogens is 208 g/mol. The highest BCUT2D eigenvalue weighted by atomic mass is 32.1. The summed E-state index contributed by atoms with van der Waals surface area (Å²) in [4.78, 5) is 12.4. The zero-order valence-electron chi connectivity index (χ0n) is 9.51. The van der Waals surface area contributed by atoms with Gasteiger partial charge in [0.05, 0.1) is 11.0 Å². The smallest absolute Gasteiger partial charge is 0.226 e. The minimum Gasteiger partial charge on any atom is -0.392 e. The van der Waals surface area contributed by atoms with Crippen molar-refractivity contribution in [1.29, 1.82) is 0 Å². The zero-order valence-corrected chi connectivity index (χ0v) is 10.3. The molecule has 0 aromatic rings. The van der Waals surface area contributed by atoms with Gasteiger partial charge >= 0.3 is 0 Å². The maximum absolute atomic E-state index is 12.0. The van der Waals surface area contributed by atoms with E-state index in [1.54, 1.807) is 0 Å². The maximum Gasteiger partial charge on any atom is 0.226 e. The lowest BCUT2D eigenvalue weighted by atomic mass is 9.75. The van der Waals surface area contributed by atoms with Crippen LogP contribution in [0, 0.1) is 5.41 Å². The van der Waals surface area contributed by atoms with Gasteiger partial charge < -0.3 is 11.1 Å². The van der Waals surface area contributed by atoms with Crippen LogP contribution in [0.4, 0.5) is 0 Å². The summed E-state index contributed by atoms with van der Waals surface area (Å²) in [5, 5.41) is 2.88. The van der Waals surface area contributed by atoms with Crippen molar-refractivity contribution in [3.63, 3.8) is 0 Å². The highest BCUT2D eigenvalue weighted by Gasteiger charge is 2.35. The molecule has 0 aliphatic heterocycles. The molecule has 1 saturated carbocycles. The zero-order chi connectivity index (χ0) is 11.5. The molecule has 1 atom stereocenters. The van der Waals surface area contributed by atoms with E-state index in [4.69, 9.17) is 18.0 Å². The molecule has 0 spiro atoms. The number of nitrogens with two attached hydrogens (primary N) is 1. The van der Waals surface area contributed by atoms with Gasteiger partial charge in [-0.05, 0) is 19.8 Å². The van der Waals surface area contributed by atoms with E-state index in [1.165, 1.54) is 6.42 Å². The SMILES string of the molecule is CC(NC(=O)C1(C)CCCCC1)C(N)=S. The number of thiocarbonyl (C=S) groups is 1. The Labute approximate surface area is 96.8 Å². The van der Waals surface area contributed by atoms with E-state index < -0.39 is 0 Å². The fourth-order valence-electron chi connectivity index (χ4n) is 2.00. The molecule has 0 heterocycles. The van der Waals surface area contributed by atoms with Gasteiger partial charge in [0.15, 0.2) is 0 Å². The second-order valence-electron chi connectivity index (χ2n) is 4.72. The number of rotatable bonds is 3. The minimum atomic E-state index is -0.211. The van der Waals surface area contributed by atoms with Crippen LogP contribution < -0.4 is 11.1 Å². The Balaban J connectivity index is 2.55. The van der Waals surface area contributed by atoms with Crippen molar-refractivity contribution < 1.29 is 4.79 Å². The minimum absolute atomic E-state index is 0.0995. The van der Waals surface area contributed by atoms with Crippen LogP contribution in [0.25, 0.3) is 0 Å². The molecule has 15 heavy (non-hydrogen) atoms. The van der Waals surface area contributed by atoms with Crippen LogP contribution in [0.1, 0.15) is 46.0 Å². The molecule has 3 nitrogen and oxygen atoms in total. The topological polar surface area (TPSA) is 55.1 Å². The summed E-state index contributed by atoms with van der Waals surface area (Å²) in [6.45, 7) is 3.86. The van der Waals surface area contributed by atoms with E-state index in [-0.39, 0.29) is 17.4 Å². The summed E-state index contributed by atoms with van der Waals surface area (Å²) in [6.07, 6.45) is 5.48. The van der Waals surface area contributed by atoms with Crippen molar-refractivity contribution in [1.82, 2.24) is 5.32 Å². The van der Waals surface area contributed by atoms with Crippen LogP contribution in [0.5, 0.6) is 0 Å². The summed E-state index contributed by atoms with van der Waals surface area (Å²) in [5.74, 6) is 0.0995. The van der Waals surface area contributed by atoms with E-state index in [0.29, 0.717) is 4.99 Å². The third kappa shape index (κ3) is 3.16. The van der Waals surface area contributed by atoms with Gasteiger partial charge in [0.1, 0.15) is 0 Å². The van der Waals surface area contributed by atoms with Gasteiger partial charge in [0.2, 0.25) is 5.91 Å². The van der Waals surface area contributed by atoms with E-state index in [9.17, 15) is 4.79 Å². The number of hydrogen-bond acceptors (Lipinski definition) is 2. The molecule has 4 heteroatoms.